The number of halogens is 4. The minimum absolute atomic E-state index is 0.0378. The highest BCUT2D eigenvalue weighted by molar-refractivity contribution is 5.92. The standard InChI is InChI=1S/C19H20F4N4O3/c1-17(2,29)18(27-8-3-9-27,26-16(28)14-11-24-6-7-25-14)12-4-5-15(13(20)10-12)30-19(21,22)23/h4-7,10-11,29H,3,8-9H2,1-2H3,(H,26,28)/t18-/m0/s1. The first-order valence-corrected chi connectivity index (χ1v) is 9.06. The van der Waals surface area contributed by atoms with Gasteiger partial charge in [-0.15, -0.1) is 13.2 Å². The van der Waals surface area contributed by atoms with Crippen LogP contribution in [0.3, 0.4) is 0 Å². The van der Waals surface area contributed by atoms with Gasteiger partial charge in [0.15, 0.2) is 11.6 Å². The van der Waals surface area contributed by atoms with E-state index in [4.69, 9.17) is 0 Å². The van der Waals surface area contributed by atoms with Gasteiger partial charge < -0.3 is 15.2 Å². The van der Waals surface area contributed by atoms with Crippen LogP contribution < -0.4 is 10.1 Å². The summed E-state index contributed by atoms with van der Waals surface area (Å²) in [5.41, 5.74) is -3.29. The smallest absolute Gasteiger partial charge is 0.403 e. The SMILES string of the molecule is CC(C)(O)[C@](NC(=O)c1cnccn1)(c1ccc(OC(F)(F)F)c(F)c1)N1CCC1. The van der Waals surface area contributed by atoms with Crippen molar-refractivity contribution in [2.24, 2.45) is 0 Å². The molecule has 0 saturated carbocycles. The Morgan fingerprint density at radius 2 is 1.93 bits per heavy atom. The molecule has 2 N–H and O–H groups in total. The topological polar surface area (TPSA) is 87.6 Å². The molecule has 1 amide bonds. The van der Waals surface area contributed by atoms with Gasteiger partial charge in [-0.2, -0.15) is 0 Å². The number of nitrogens with one attached hydrogen (secondary N) is 1. The third kappa shape index (κ3) is 4.21. The van der Waals surface area contributed by atoms with Gasteiger partial charge in [-0.1, -0.05) is 6.07 Å². The Morgan fingerprint density at radius 3 is 2.40 bits per heavy atom. The fourth-order valence-electron chi connectivity index (χ4n) is 3.46. The molecule has 1 atom stereocenters. The average Bonchev–Trinajstić information content (AvgIpc) is 2.60. The molecule has 2 aromatic rings. The molecule has 2 heterocycles. The molecule has 0 bridgehead atoms. The number of likely N-dealkylation sites (tertiary alicyclic amines) is 1. The lowest BCUT2D eigenvalue weighted by molar-refractivity contribution is -0.275. The summed E-state index contributed by atoms with van der Waals surface area (Å²) in [5, 5.41) is 13.7. The highest BCUT2D eigenvalue weighted by Gasteiger charge is 2.53. The van der Waals surface area contributed by atoms with E-state index in [1.807, 2.05) is 0 Å². The molecule has 7 nitrogen and oxygen atoms in total. The Hall–Kier alpha value is -2.79. The Kier molecular flexibility index (Phi) is 5.70. The lowest BCUT2D eigenvalue weighted by Gasteiger charge is -2.55. The molecule has 1 aromatic carbocycles. The molecule has 3 rings (SSSR count). The van der Waals surface area contributed by atoms with E-state index in [0.717, 1.165) is 18.6 Å². The number of aromatic nitrogens is 2. The largest absolute Gasteiger partial charge is 0.573 e. The van der Waals surface area contributed by atoms with Gasteiger partial charge in [-0.3, -0.25) is 14.7 Å². The molecule has 1 aromatic heterocycles. The third-order valence-electron chi connectivity index (χ3n) is 4.88. The van der Waals surface area contributed by atoms with Crippen molar-refractivity contribution in [3.05, 3.63) is 53.9 Å². The van der Waals surface area contributed by atoms with E-state index in [1.165, 1.54) is 38.5 Å². The number of amides is 1. The number of hydrogen-bond donors (Lipinski definition) is 2. The number of carbonyl (C=O) groups is 1. The van der Waals surface area contributed by atoms with Gasteiger partial charge in [0.25, 0.3) is 5.91 Å². The molecule has 0 aliphatic carbocycles. The van der Waals surface area contributed by atoms with Crippen LogP contribution in [0.15, 0.2) is 36.8 Å². The predicted octanol–water partition coefficient (Wildman–Crippen LogP) is 2.57. The Balaban J connectivity index is 2.08. The fraction of sp³-hybridized carbons (Fsp3) is 0.421. The predicted molar refractivity (Wildman–Crippen MR) is 96.7 cm³/mol. The van der Waals surface area contributed by atoms with Gasteiger partial charge in [0.05, 0.1) is 6.20 Å². The number of aliphatic hydroxyl groups is 1. The summed E-state index contributed by atoms with van der Waals surface area (Å²) in [5.74, 6) is -2.99. The monoisotopic (exact) mass is 428 g/mol. The highest BCUT2D eigenvalue weighted by atomic mass is 19.4. The Labute approximate surface area is 169 Å². The molecular formula is C19H20F4N4O3. The summed E-state index contributed by atoms with van der Waals surface area (Å²) < 4.78 is 55.6. The molecule has 0 unspecified atom stereocenters. The van der Waals surface area contributed by atoms with Gasteiger partial charge in [0.2, 0.25) is 0 Å². The van der Waals surface area contributed by atoms with Crippen LogP contribution >= 0.6 is 0 Å². The van der Waals surface area contributed by atoms with Crippen LogP contribution in [-0.2, 0) is 5.66 Å². The van der Waals surface area contributed by atoms with E-state index in [-0.39, 0.29) is 11.3 Å². The van der Waals surface area contributed by atoms with Gasteiger partial charge in [0.1, 0.15) is 17.0 Å². The molecular weight excluding hydrogens is 408 g/mol. The van der Waals surface area contributed by atoms with Crippen molar-refractivity contribution in [2.45, 2.75) is 37.9 Å². The van der Waals surface area contributed by atoms with E-state index in [0.29, 0.717) is 13.1 Å². The van der Waals surface area contributed by atoms with Crippen molar-refractivity contribution in [3.63, 3.8) is 0 Å². The van der Waals surface area contributed by atoms with Crippen molar-refractivity contribution >= 4 is 5.91 Å². The van der Waals surface area contributed by atoms with Crippen molar-refractivity contribution < 1.29 is 32.2 Å². The zero-order valence-electron chi connectivity index (χ0n) is 16.2. The second kappa shape index (κ2) is 7.80. The van der Waals surface area contributed by atoms with Crippen LogP contribution in [-0.4, -0.2) is 50.9 Å². The number of benzene rings is 1. The molecule has 30 heavy (non-hydrogen) atoms. The van der Waals surface area contributed by atoms with Crippen LogP contribution in [0.2, 0.25) is 0 Å². The molecule has 162 valence electrons. The van der Waals surface area contributed by atoms with E-state index >= 15 is 0 Å². The molecule has 0 spiro atoms. The van der Waals surface area contributed by atoms with Crippen molar-refractivity contribution in [1.82, 2.24) is 20.2 Å². The van der Waals surface area contributed by atoms with Crippen LogP contribution in [0.1, 0.15) is 36.3 Å². The van der Waals surface area contributed by atoms with Crippen molar-refractivity contribution in [3.8, 4) is 5.75 Å². The zero-order valence-corrected chi connectivity index (χ0v) is 16.2. The summed E-state index contributed by atoms with van der Waals surface area (Å²) in [6.07, 6.45) is -0.386. The minimum Gasteiger partial charge on any atom is -0.403 e. The van der Waals surface area contributed by atoms with Crippen molar-refractivity contribution in [2.75, 3.05) is 13.1 Å². The molecule has 1 aliphatic rings. The second-order valence-electron chi connectivity index (χ2n) is 7.35. The maximum Gasteiger partial charge on any atom is 0.573 e. The van der Waals surface area contributed by atoms with Crippen LogP contribution in [0.5, 0.6) is 5.75 Å². The lowest BCUT2D eigenvalue weighted by Crippen LogP contribution is -2.71. The maximum absolute atomic E-state index is 14.5. The third-order valence-corrected chi connectivity index (χ3v) is 4.88. The van der Waals surface area contributed by atoms with E-state index in [1.54, 1.807) is 4.90 Å². The van der Waals surface area contributed by atoms with Crippen LogP contribution in [0.4, 0.5) is 17.6 Å². The number of carbonyl (C=O) groups excluding carboxylic acids is 1. The van der Waals surface area contributed by atoms with E-state index < -0.39 is 35.1 Å². The lowest BCUT2D eigenvalue weighted by atomic mass is 9.80. The van der Waals surface area contributed by atoms with E-state index in [9.17, 15) is 27.5 Å². The highest BCUT2D eigenvalue weighted by Crippen LogP contribution is 2.41. The van der Waals surface area contributed by atoms with Gasteiger partial charge in [-0.05, 0) is 38.0 Å². The summed E-state index contributed by atoms with van der Waals surface area (Å²) in [6.45, 7) is 3.76. The summed E-state index contributed by atoms with van der Waals surface area (Å²) in [7, 11) is 0. The number of alkyl halides is 3. The molecule has 1 saturated heterocycles. The Morgan fingerprint density at radius 1 is 1.23 bits per heavy atom. The summed E-state index contributed by atoms with van der Waals surface area (Å²) >= 11 is 0. The van der Waals surface area contributed by atoms with Crippen LogP contribution in [0, 0.1) is 5.82 Å². The Bertz CT molecular complexity index is 914. The normalized spacial score (nSPS) is 17.0. The molecule has 1 fully saturated rings. The molecule has 1 aliphatic heterocycles. The number of hydrogen-bond acceptors (Lipinski definition) is 6. The number of nitrogens with zero attached hydrogens (tertiary/aromatic N) is 3. The fourth-order valence-corrected chi connectivity index (χ4v) is 3.46. The quantitative estimate of drug-likeness (QED) is 0.688. The van der Waals surface area contributed by atoms with Gasteiger partial charge in [0, 0.05) is 25.5 Å². The van der Waals surface area contributed by atoms with E-state index in [2.05, 4.69) is 20.0 Å². The summed E-state index contributed by atoms with van der Waals surface area (Å²) in [4.78, 5) is 22.3. The van der Waals surface area contributed by atoms with Crippen LogP contribution in [0.25, 0.3) is 0 Å². The first kappa shape index (κ1) is 21.9. The number of rotatable bonds is 6. The maximum atomic E-state index is 14.5. The second-order valence-corrected chi connectivity index (χ2v) is 7.35. The zero-order chi connectivity index (χ0) is 22.2. The minimum atomic E-state index is -5.06. The van der Waals surface area contributed by atoms with Gasteiger partial charge >= 0.3 is 6.36 Å². The molecule has 0 radical (unpaired) electrons. The molecule has 11 heteroatoms. The summed E-state index contributed by atoms with van der Waals surface area (Å²) in [6, 6.07) is 2.80. The first-order valence-electron chi connectivity index (χ1n) is 9.06. The average molecular weight is 428 g/mol. The first-order chi connectivity index (χ1) is 13.9. The van der Waals surface area contributed by atoms with Gasteiger partial charge in [-0.25, -0.2) is 9.37 Å². The number of ether oxygens (including phenoxy) is 1. The van der Waals surface area contributed by atoms with Crippen molar-refractivity contribution in [1.29, 1.82) is 0 Å².